The Bertz CT molecular complexity index is 2250. The average molecular weight is 896 g/mol. The molecule has 0 bridgehead atoms. The number of amides is 4. The van der Waals surface area contributed by atoms with E-state index in [9.17, 15) is 38.3 Å². The van der Waals surface area contributed by atoms with Crippen LogP contribution in [-0.2, 0) is 68.1 Å². The number of nitrogens with two attached hydrogens (primary N) is 1. The number of nitrogens with one attached hydrogen (secondary N) is 4. The number of cyclic esters (lactones) is 1. The van der Waals surface area contributed by atoms with Gasteiger partial charge in [0.2, 0.25) is 23.6 Å². The van der Waals surface area contributed by atoms with Gasteiger partial charge in [0.05, 0.1) is 62.0 Å². The smallest absolute Gasteiger partial charge is 0.343 e. The Morgan fingerprint density at radius 2 is 1.69 bits per heavy atom. The average Bonchev–Trinajstić information content (AvgIpc) is 3.64. The molecule has 0 unspecified atom stereocenters. The molecule has 64 heavy (non-hydrogen) atoms. The van der Waals surface area contributed by atoms with Crippen LogP contribution in [0.5, 0.6) is 0 Å². The van der Waals surface area contributed by atoms with Crippen LogP contribution in [0.4, 0.5) is 4.39 Å². The van der Waals surface area contributed by atoms with Gasteiger partial charge in [-0.2, -0.15) is 0 Å². The lowest BCUT2D eigenvalue weighted by Crippen LogP contribution is -2.56. The van der Waals surface area contributed by atoms with Crippen molar-refractivity contribution in [1.29, 1.82) is 0 Å². The first-order chi connectivity index (χ1) is 30.6. The second-order valence-electron chi connectivity index (χ2n) is 16.3. The van der Waals surface area contributed by atoms with Gasteiger partial charge in [0.15, 0.2) is 5.60 Å². The number of pyridine rings is 2. The van der Waals surface area contributed by atoms with Crippen molar-refractivity contribution < 1.29 is 52.4 Å². The molecule has 0 radical (unpaired) electrons. The van der Waals surface area contributed by atoms with Crippen molar-refractivity contribution in [3.63, 3.8) is 0 Å². The van der Waals surface area contributed by atoms with E-state index in [0.29, 0.717) is 79.9 Å². The van der Waals surface area contributed by atoms with Crippen LogP contribution < -0.4 is 32.6 Å². The Hall–Kier alpha value is -5.34. The molecule has 5 rings (SSSR count). The molecule has 1 aromatic carbocycles. The first-order valence-corrected chi connectivity index (χ1v) is 22.0. The Morgan fingerprint density at radius 1 is 0.953 bits per heavy atom. The summed E-state index contributed by atoms with van der Waals surface area (Å²) in [6, 6.07) is 2.68. The molecule has 0 aliphatic carbocycles. The number of aromatic nitrogens is 2. The molecular formula is C45H62FN7O11. The number of fused-ring (bicyclic) bond motifs is 5. The van der Waals surface area contributed by atoms with Crippen LogP contribution in [0.2, 0.25) is 0 Å². The minimum Gasteiger partial charge on any atom is -0.458 e. The summed E-state index contributed by atoms with van der Waals surface area (Å²) in [6.07, 6.45) is 2.19. The molecule has 3 atom stereocenters. The molecule has 4 amide bonds. The summed E-state index contributed by atoms with van der Waals surface area (Å²) in [4.78, 5) is 83.7. The number of hydrogen-bond donors (Lipinski definition) is 6. The molecule has 350 valence electrons. The fourth-order valence-electron chi connectivity index (χ4n) is 7.84. The number of aliphatic hydroxyl groups is 1. The lowest BCUT2D eigenvalue weighted by atomic mass is 9.86. The second-order valence-corrected chi connectivity index (χ2v) is 16.3. The number of carbonyl (C=O) groups is 5. The fourth-order valence-corrected chi connectivity index (χ4v) is 7.84. The van der Waals surface area contributed by atoms with Crippen molar-refractivity contribution in [1.82, 2.24) is 30.8 Å². The van der Waals surface area contributed by atoms with Gasteiger partial charge < -0.3 is 55.6 Å². The maximum Gasteiger partial charge on any atom is 0.343 e. The molecule has 4 heterocycles. The van der Waals surface area contributed by atoms with E-state index in [1.165, 1.54) is 10.6 Å². The highest BCUT2D eigenvalue weighted by atomic mass is 19.1. The number of nitrogens with zero attached hydrogens (tertiary/aromatic N) is 2. The van der Waals surface area contributed by atoms with Crippen LogP contribution >= 0.6 is 0 Å². The summed E-state index contributed by atoms with van der Waals surface area (Å²) in [5.74, 6) is -3.73. The maximum atomic E-state index is 14.9. The molecular weight excluding hydrogens is 834 g/mol. The predicted molar refractivity (Wildman–Crippen MR) is 233 cm³/mol. The summed E-state index contributed by atoms with van der Waals surface area (Å²) in [6.45, 7) is 10.4. The Labute approximate surface area is 371 Å². The Morgan fingerprint density at radius 3 is 2.39 bits per heavy atom. The third-order valence-corrected chi connectivity index (χ3v) is 11.5. The molecule has 0 spiro atoms. The second kappa shape index (κ2) is 23.0. The summed E-state index contributed by atoms with van der Waals surface area (Å²) < 4.78 is 37.6. The molecule has 2 aromatic heterocycles. The minimum absolute atomic E-state index is 0.0125. The van der Waals surface area contributed by atoms with E-state index < -0.39 is 58.7 Å². The summed E-state index contributed by atoms with van der Waals surface area (Å²) in [5.41, 5.74) is 6.75. The van der Waals surface area contributed by atoms with E-state index in [-0.39, 0.29) is 75.9 Å². The number of rotatable bonds is 25. The molecule has 2 aliphatic heterocycles. The Kier molecular flexibility index (Phi) is 17.9. The molecule has 18 nitrogen and oxygen atoms in total. The van der Waals surface area contributed by atoms with Crippen molar-refractivity contribution in [2.75, 3.05) is 59.3 Å². The molecule has 7 N–H and O–H groups in total. The van der Waals surface area contributed by atoms with Crippen LogP contribution in [0.15, 0.2) is 23.0 Å². The number of esters is 1. The Balaban J connectivity index is 1.19. The molecule has 3 aromatic rings. The standard InChI is InChI=1S/C45H62FN7O11/c1-6-45(60)32-20-36-40-30(23-53(36)43(58)31(32)24-64-44(45)59)28(29-19-27(5)33(46)21-35(29)50-40)11-10-14-48-37(54)22-49-41(56)34(12-8-9-13-47)51-42(57)39(26(3)4)52-38(55)25-63-18-17-62-16-15-61-7-2/h19-21,26,34,39,60H,6-18,22-25,47H2,1-5H3,(H,48,54)(H,49,56)(H,51,57)(H,52,55)/t34-,39-,45-/m0/s1. The minimum atomic E-state index is -2.00. The molecule has 19 heteroatoms. The van der Waals surface area contributed by atoms with Crippen molar-refractivity contribution in [3.8, 4) is 11.4 Å². The number of benzene rings is 1. The zero-order chi connectivity index (χ0) is 46.6. The van der Waals surface area contributed by atoms with Crippen LogP contribution in [-0.4, -0.2) is 116 Å². The van der Waals surface area contributed by atoms with Crippen LogP contribution in [0.1, 0.15) is 87.6 Å². The van der Waals surface area contributed by atoms with Crippen LogP contribution in [0, 0.1) is 18.7 Å². The number of carbonyl (C=O) groups excluding carboxylic acids is 5. The highest BCUT2D eigenvalue weighted by Crippen LogP contribution is 2.40. The van der Waals surface area contributed by atoms with Gasteiger partial charge in [-0.15, -0.1) is 0 Å². The van der Waals surface area contributed by atoms with E-state index in [0.717, 1.165) is 11.1 Å². The summed E-state index contributed by atoms with van der Waals surface area (Å²) >= 11 is 0. The van der Waals surface area contributed by atoms with Gasteiger partial charge in [-0.3, -0.25) is 24.0 Å². The van der Waals surface area contributed by atoms with Crippen molar-refractivity contribution in [2.45, 2.75) is 104 Å². The van der Waals surface area contributed by atoms with Crippen LogP contribution in [0.25, 0.3) is 22.3 Å². The number of halogens is 1. The lowest BCUT2D eigenvalue weighted by molar-refractivity contribution is -0.172. The summed E-state index contributed by atoms with van der Waals surface area (Å²) in [5, 5.41) is 22.8. The number of aryl methyl sites for hydroxylation is 2. The van der Waals surface area contributed by atoms with E-state index >= 15 is 0 Å². The molecule has 0 saturated carbocycles. The van der Waals surface area contributed by atoms with E-state index in [4.69, 9.17) is 29.7 Å². The highest BCUT2D eigenvalue weighted by Gasteiger charge is 2.45. The quantitative estimate of drug-likeness (QED) is 0.0409. The van der Waals surface area contributed by atoms with E-state index in [1.54, 1.807) is 39.8 Å². The van der Waals surface area contributed by atoms with Gasteiger partial charge in [0, 0.05) is 35.7 Å². The van der Waals surface area contributed by atoms with Gasteiger partial charge >= 0.3 is 5.97 Å². The first kappa shape index (κ1) is 49.7. The van der Waals surface area contributed by atoms with Crippen molar-refractivity contribution in [3.05, 3.63) is 62.2 Å². The zero-order valence-electron chi connectivity index (χ0n) is 37.4. The van der Waals surface area contributed by atoms with Gasteiger partial charge in [-0.25, -0.2) is 14.2 Å². The van der Waals surface area contributed by atoms with Crippen molar-refractivity contribution in [2.24, 2.45) is 11.7 Å². The number of hydrogen-bond acceptors (Lipinski definition) is 13. The van der Waals surface area contributed by atoms with Gasteiger partial charge in [-0.1, -0.05) is 20.8 Å². The largest absolute Gasteiger partial charge is 0.458 e. The zero-order valence-corrected chi connectivity index (χ0v) is 37.4. The molecule has 0 saturated heterocycles. The first-order valence-electron chi connectivity index (χ1n) is 22.0. The monoisotopic (exact) mass is 895 g/mol. The highest BCUT2D eigenvalue weighted by molar-refractivity contribution is 5.94. The lowest BCUT2D eigenvalue weighted by Gasteiger charge is -2.31. The van der Waals surface area contributed by atoms with Gasteiger partial charge in [0.25, 0.3) is 5.56 Å². The summed E-state index contributed by atoms with van der Waals surface area (Å²) in [7, 11) is 0. The SMILES string of the molecule is CCOCCOCCOCC(=O)N[C@H](C(=O)N[C@@H](CCCCN)C(=O)NCC(=O)NCCCc1c2c(nc3cc(F)c(C)cc13)-c1cc3c(c(=O)n1C2)COC(=O)[C@]3(O)CC)C(C)C. The fraction of sp³-hybridized carbons (Fsp3) is 0.578. The molecule has 2 aliphatic rings. The van der Waals surface area contributed by atoms with Gasteiger partial charge in [0.1, 0.15) is 31.1 Å². The number of unbranched alkanes of at least 4 members (excludes halogenated alkanes) is 1. The van der Waals surface area contributed by atoms with Crippen LogP contribution in [0.3, 0.4) is 0 Å². The normalized spacial score (nSPS) is 16.1. The number of ether oxygens (including phenoxy) is 4. The third kappa shape index (κ3) is 11.9. The third-order valence-electron chi connectivity index (χ3n) is 11.5. The predicted octanol–water partition coefficient (Wildman–Crippen LogP) is 1.52. The van der Waals surface area contributed by atoms with E-state index in [1.807, 2.05) is 6.92 Å². The topological polar surface area (TPSA) is 252 Å². The molecule has 0 fully saturated rings. The van der Waals surface area contributed by atoms with Crippen molar-refractivity contribution >= 4 is 40.5 Å². The van der Waals surface area contributed by atoms with E-state index in [2.05, 4.69) is 21.3 Å². The maximum absolute atomic E-state index is 14.9. The van der Waals surface area contributed by atoms with Gasteiger partial charge in [-0.05, 0) is 88.1 Å².